The summed E-state index contributed by atoms with van der Waals surface area (Å²) in [5.74, 6) is -1.18. The van der Waals surface area contributed by atoms with Crippen molar-refractivity contribution in [3.63, 3.8) is 0 Å². The number of sulfonamides is 1. The van der Waals surface area contributed by atoms with E-state index in [-0.39, 0.29) is 53.0 Å². The topological polar surface area (TPSA) is 176 Å². The third kappa shape index (κ3) is 7.15. The zero-order valence-electron chi connectivity index (χ0n) is 19.9. The SMILES string of the molecule is CCOC(=O)CCC(=O)OC(C)COC(=O)N(CC)[C@H]1C[C@H](C)S(=O)(=O)c2sc(S(N)(=O)=O)cc21. The summed E-state index contributed by atoms with van der Waals surface area (Å²) < 4.78 is 63.9. The van der Waals surface area contributed by atoms with Gasteiger partial charge >= 0.3 is 18.0 Å². The molecule has 3 atom stereocenters. The number of carbonyl (C=O) groups excluding carboxylic acids is 3. The molecule has 0 saturated heterocycles. The van der Waals surface area contributed by atoms with Crippen LogP contribution in [-0.2, 0) is 43.7 Å². The highest BCUT2D eigenvalue weighted by atomic mass is 32.3. The highest BCUT2D eigenvalue weighted by Gasteiger charge is 2.43. The zero-order chi connectivity index (χ0) is 26.6. The minimum Gasteiger partial charge on any atom is -0.466 e. The fourth-order valence-electron chi connectivity index (χ4n) is 3.51. The maximum atomic E-state index is 12.8. The van der Waals surface area contributed by atoms with Gasteiger partial charge in [0.15, 0.2) is 9.84 Å². The van der Waals surface area contributed by atoms with Gasteiger partial charge in [0.2, 0.25) is 10.0 Å². The monoisotopic (exact) mass is 554 g/mol. The molecule has 2 heterocycles. The van der Waals surface area contributed by atoms with Crippen molar-refractivity contribution in [2.24, 2.45) is 5.14 Å². The fourth-order valence-corrected chi connectivity index (χ4v) is 7.91. The highest BCUT2D eigenvalue weighted by Crippen LogP contribution is 2.45. The van der Waals surface area contributed by atoms with Crippen molar-refractivity contribution < 1.29 is 45.4 Å². The lowest BCUT2D eigenvalue weighted by molar-refractivity contribution is -0.154. The Bertz CT molecular complexity index is 1160. The Morgan fingerprint density at radius 2 is 1.83 bits per heavy atom. The Kier molecular flexibility index (Phi) is 9.67. The van der Waals surface area contributed by atoms with Crippen LogP contribution in [-0.4, -0.2) is 70.9 Å². The standard InChI is InChI=1S/C20H30N2O10S3/c1-5-22(20(25)31-11-12(3)32-17(24)8-7-16(23)30-6-2)15-9-13(4)34(26,27)19-14(15)10-18(33-19)35(21,28)29/h10,12-13,15H,5-9,11H2,1-4H3,(H2,21,28,29)/t12?,13-,15-/m0/s1. The van der Waals surface area contributed by atoms with Crippen LogP contribution in [0.3, 0.4) is 0 Å². The number of carbonyl (C=O) groups is 3. The molecule has 1 aliphatic rings. The summed E-state index contributed by atoms with van der Waals surface area (Å²) in [6.45, 7) is 6.38. The average Bonchev–Trinajstić information content (AvgIpc) is 3.23. The normalized spacial score (nSPS) is 19.8. The van der Waals surface area contributed by atoms with Crippen molar-refractivity contribution in [3.05, 3.63) is 11.6 Å². The van der Waals surface area contributed by atoms with E-state index in [9.17, 15) is 31.2 Å². The fraction of sp³-hybridized carbons (Fsp3) is 0.650. The van der Waals surface area contributed by atoms with Crippen LogP contribution in [0, 0.1) is 0 Å². The number of rotatable bonds is 10. The summed E-state index contributed by atoms with van der Waals surface area (Å²) in [4.78, 5) is 37.3. The van der Waals surface area contributed by atoms with E-state index in [2.05, 4.69) is 0 Å². The predicted octanol–water partition coefficient (Wildman–Crippen LogP) is 1.74. The van der Waals surface area contributed by atoms with E-state index in [0.29, 0.717) is 11.3 Å². The second kappa shape index (κ2) is 11.7. The number of fused-ring (bicyclic) bond motifs is 1. The number of primary sulfonamides is 1. The maximum absolute atomic E-state index is 12.8. The van der Waals surface area contributed by atoms with Crippen molar-refractivity contribution >= 4 is 49.2 Å². The van der Waals surface area contributed by atoms with E-state index in [1.165, 1.54) is 24.8 Å². The molecule has 0 saturated carbocycles. The van der Waals surface area contributed by atoms with Gasteiger partial charge in [-0.3, -0.25) is 9.59 Å². The Hall–Kier alpha value is -2.23. The van der Waals surface area contributed by atoms with Gasteiger partial charge in [0.05, 0.1) is 30.7 Å². The zero-order valence-corrected chi connectivity index (χ0v) is 22.3. The molecule has 35 heavy (non-hydrogen) atoms. The molecular formula is C20H30N2O10S3. The van der Waals surface area contributed by atoms with E-state index < -0.39 is 55.3 Å². The number of ether oxygens (including phenoxy) is 3. The molecule has 1 unspecified atom stereocenters. The van der Waals surface area contributed by atoms with Gasteiger partial charge in [0.1, 0.15) is 21.1 Å². The molecule has 198 valence electrons. The van der Waals surface area contributed by atoms with Crippen molar-refractivity contribution in [1.29, 1.82) is 0 Å². The van der Waals surface area contributed by atoms with Gasteiger partial charge in [-0.05, 0) is 40.2 Å². The lowest BCUT2D eigenvalue weighted by Crippen LogP contribution is -2.41. The van der Waals surface area contributed by atoms with Crippen LogP contribution >= 0.6 is 11.3 Å². The summed E-state index contributed by atoms with van der Waals surface area (Å²) in [6.07, 6.45) is -1.86. The first-order chi connectivity index (χ1) is 16.2. The minimum absolute atomic E-state index is 0.0392. The molecule has 12 nitrogen and oxygen atoms in total. The Labute approximate surface area is 208 Å². The largest absolute Gasteiger partial charge is 0.466 e. The van der Waals surface area contributed by atoms with Crippen molar-refractivity contribution in [1.82, 2.24) is 4.90 Å². The summed E-state index contributed by atoms with van der Waals surface area (Å²) in [5.41, 5.74) is 0.175. The Morgan fingerprint density at radius 3 is 2.40 bits per heavy atom. The molecule has 0 aromatic carbocycles. The third-order valence-electron chi connectivity index (χ3n) is 5.25. The average molecular weight is 555 g/mol. The molecule has 0 fully saturated rings. The van der Waals surface area contributed by atoms with Crippen LogP contribution in [0.4, 0.5) is 4.79 Å². The quantitative estimate of drug-likeness (QED) is 0.331. The van der Waals surface area contributed by atoms with Gasteiger partial charge in [-0.25, -0.2) is 26.8 Å². The maximum Gasteiger partial charge on any atom is 0.410 e. The summed E-state index contributed by atoms with van der Waals surface area (Å²) in [6, 6.07) is 0.433. The predicted molar refractivity (Wildman–Crippen MR) is 125 cm³/mol. The van der Waals surface area contributed by atoms with Gasteiger partial charge in [-0.2, -0.15) is 0 Å². The first-order valence-electron chi connectivity index (χ1n) is 10.9. The highest BCUT2D eigenvalue weighted by molar-refractivity contribution is 7.95. The molecule has 0 bridgehead atoms. The molecule has 0 spiro atoms. The molecule has 1 amide bonds. The summed E-state index contributed by atoms with van der Waals surface area (Å²) in [5, 5.41) is 4.33. The van der Waals surface area contributed by atoms with Gasteiger partial charge < -0.3 is 19.1 Å². The Morgan fingerprint density at radius 1 is 1.20 bits per heavy atom. The van der Waals surface area contributed by atoms with Crippen molar-refractivity contribution in [2.75, 3.05) is 19.8 Å². The molecule has 1 aromatic rings. The molecule has 1 aliphatic heterocycles. The number of hydrogen-bond acceptors (Lipinski definition) is 11. The second-order valence-corrected chi connectivity index (χ2v) is 13.3. The number of thiophene rings is 1. The number of amides is 1. The Balaban J connectivity index is 2.10. The molecule has 15 heteroatoms. The van der Waals surface area contributed by atoms with E-state index >= 15 is 0 Å². The lowest BCUT2D eigenvalue weighted by atomic mass is 10.0. The van der Waals surface area contributed by atoms with Crippen LogP contribution in [0.1, 0.15) is 58.6 Å². The van der Waals surface area contributed by atoms with Crippen LogP contribution in [0.5, 0.6) is 0 Å². The summed E-state index contributed by atoms with van der Waals surface area (Å²) >= 11 is 0.561. The van der Waals surface area contributed by atoms with E-state index in [1.54, 1.807) is 13.8 Å². The van der Waals surface area contributed by atoms with Crippen molar-refractivity contribution in [2.45, 2.75) is 72.8 Å². The van der Waals surface area contributed by atoms with Crippen molar-refractivity contribution in [3.8, 4) is 0 Å². The second-order valence-electron chi connectivity index (χ2n) is 7.93. The third-order valence-corrected chi connectivity index (χ3v) is 10.6. The molecular weight excluding hydrogens is 524 g/mol. The smallest absolute Gasteiger partial charge is 0.410 e. The molecule has 0 radical (unpaired) electrons. The number of esters is 2. The van der Waals surface area contributed by atoms with Gasteiger partial charge in [0, 0.05) is 12.1 Å². The lowest BCUT2D eigenvalue weighted by Gasteiger charge is -2.35. The molecule has 1 aromatic heterocycles. The molecule has 2 N–H and O–H groups in total. The number of nitrogens with zero attached hydrogens (tertiary/aromatic N) is 1. The molecule has 2 rings (SSSR count). The number of hydrogen-bond donors (Lipinski definition) is 1. The van der Waals surface area contributed by atoms with Gasteiger partial charge in [-0.15, -0.1) is 11.3 Å². The number of sulfone groups is 1. The number of nitrogens with two attached hydrogens (primary N) is 1. The van der Waals surface area contributed by atoms with Gasteiger partial charge in [0.25, 0.3) is 0 Å². The van der Waals surface area contributed by atoms with Crippen LogP contribution in [0.15, 0.2) is 14.5 Å². The van der Waals surface area contributed by atoms with Crippen LogP contribution < -0.4 is 5.14 Å². The van der Waals surface area contributed by atoms with Crippen LogP contribution in [0.2, 0.25) is 0 Å². The van der Waals surface area contributed by atoms with Gasteiger partial charge in [-0.1, -0.05) is 0 Å². The molecule has 0 aliphatic carbocycles. The van der Waals surface area contributed by atoms with E-state index in [4.69, 9.17) is 19.3 Å². The first kappa shape index (κ1) is 29.0. The van der Waals surface area contributed by atoms with E-state index in [1.807, 2.05) is 0 Å². The minimum atomic E-state index is -4.15. The van der Waals surface area contributed by atoms with Crippen LogP contribution in [0.25, 0.3) is 0 Å². The van der Waals surface area contributed by atoms with E-state index in [0.717, 1.165) is 0 Å². The summed E-state index contributed by atoms with van der Waals surface area (Å²) in [7, 11) is -7.93. The first-order valence-corrected chi connectivity index (χ1v) is 14.8.